The fourth-order valence-corrected chi connectivity index (χ4v) is 2.07. The molecule has 2 rings (SSSR count). The van der Waals surface area contributed by atoms with E-state index in [1.165, 1.54) is 0 Å². The SMILES string of the molecule is O=C(Nc1cc(Br)ccn1)C1CC=CCC1. The number of aromatic nitrogens is 1. The van der Waals surface area contributed by atoms with Crippen LogP contribution in [0.25, 0.3) is 0 Å². The molecule has 0 saturated carbocycles. The van der Waals surface area contributed by atoms with Crippen LogP contribution in [0.4, 0.5) is 5.82 Å². The Labute approximate surface area is 103 Å². The number of anilines is 1. The fourth-order valence-electron chi connectivity index (χ4n) is 1.73. The molecule has 1 aromatic rings. The second kappa shape index (κ2) is 5.25. The third-order valence-electron chi connectivity index (χ3n) is 2.61. The van der Waals surface area contributed by atoms with Gasteiger partial charge in [-0.2, -0.15) is 0 Å². The predicted molar refractivity (Wildman–Crippen MR) is 67.0 cm³/mol. The number of pyridine rings is 1. The third-order valence-corrected chi connectivity index (χ3v) is 3.11. The highest BCUT2D eigenvalue weighted by molar-refractivity contribution is 9.10. The number of carbonyl (C=O) groups is 1. The molecular formula is C12H13BrN2O. The molecule has 4 heteroatoms. The second-order valence-corrected chi connectivity index (χ2v) is 4.75. The molecule has 0 spiro atoms. The maximum atomic E-state index is 11.9. The average Bonchev–Trinajstić information content (AvgIpc) is 2.30. The van der Waals surface area contributed by atoms with Gasteiger partial charge in [-0.25, -0.2) is 4.98 Å². The first kappa shape index (κ1) is 11.3. The topological polar surface area (TPSA) is 42.0 Å². The fraction of sp³-hybridized carbons (Fsp3) is 0.333. The summed E-state index contributed by atoms with van der Waals surface area (Å²) in [5.41, 5.74) is 0. The highest BCUT2D eigenvalue weighted by Crippen LogP contribution is 2.20. The maximum Gasteiger partial charge on any atom is 0.228 e. The zero-order chi connectivity index (χ0) is 11.4. The molecule has 0 bridgehead atoms. The Morgan fingerprint density at radius 3 is 3.06 bits per heavy atom. The molecule has 1 atom stereocenters. The summed E-state index contributed by atoms with van der Waals surface area (Å²) in [6.07, 6.45) is 8.61. The number of amides is 1. The molecule has 1 unspecified atom stereocenters. The Morgan fingerprint density at radius 2 is 2.38 bits per heavy atom. The molecule has 0 aromatic carbocycles. The molecule has 16 heavy (non-hydrogen) atoms. The average molecular weight is 281 g/mol. The largest absolute Gasteiger partial charge is 0.310 e. The van der Waals surface area contributed by atoms with E-state index in [1.807, 2.05) is 6.07 Å². The van der Waals surface area contributed by atoms with Crippen molar-refractivity contribution in [2.24, 2.45) is 5.92 Å². The minimum absolute atomic E-state index is 0.0648. The smallest absolute Gasteiger partial charge is 0.228 e. The highest BCUT2D eigenvalue weighted by Gasteiger charge is 2.18. The lowest BCUT2D eigenvalue weighted by atomic mass is 9.94. The normalized spacial score (nSPS) is 19.4. The molecule has 0 fully saturated rings. The molecule has 84 valence electrons. The van der Waals surface area contributed by atoms with Gasteiger partial charge in [0.25, 0.3) is 0 Å². The molecule has 1 aliphatic rings. The molecule has 1 heterocycles. The zero-order valence-corrected chi connectivity index (χ0v) is 10.4. The van der Waals surface area contributed by atoms with Crippen LogP contribution in [0.3, 0.4) is 0 Å². The van der Waals surface area contributed by atoms with Crippen LogP contribution in [-0.2, 0) is 4.79 Å². The first-order chi connectivity index (χ1) is 7.75. The number of nitrogens with one attached hydrogen (secondary N) is 1. The van der Waals surface area contributed by atoms with Gasteiger partial charge in [0.15, 0.2) is 0 Å². The summed E-state index contributed by atoms with van der Waals surface area (Å²) < 4.78 is 0.918. The molecule has 0 radical (unpaired) electrons. The van der Waals surface area contributed by atoms with Crippen molar-refractivity contribution in [1.29, 1.82) is 0 Å². The van der Waals surface area contributed by atoms with Crippen molar-refractivity contribution >= 4 is 27.7 Å². The summed E-state index contributed by atoms with van der Waals surface area (Å²) in [5, 5.41) is 2.84. The first-order valence-corrected chi connectivity index (χ1v) is 6.12. The zero-order valence-electron chi connectivity index (χ0n) is 8.82. The summed E-state index contributed by atoms with van der Waals surface area (Å²) in [6.45, 7) is 0. The standard InChI is InChI=1S/C12H13BrN2O/c13-10-6-7-14-11(8-10)15-12(16)9-4-2-1-3-5-9/h1-2,6-9H,3-5H2,(H,14,15,16). The Morgan fingerprint density at radius 1 is 1.50 bits per heavy atom. The molecule has 3 nitrogen and oxygen atoms in total. The van der Waals surface area contributed by atoms with E-state index < -0.39 is 0 Å². The Balaban J connectivity index is 1.99. The van der Waals surface area contributed by atoms with Crippen molar-refractivity contribution in [3.05, 3.63) is 35.0 Å². The van der Waals surface area contributed by atoms with E-state index >= 15 is 0 Å². The van der Waals surface area contributed by atoms with Crippen molar-refractivity contribution in [1.82, 2.24) is 4.98 Å². The van der Waals surface area contributed by atoms with Gasteiger partial charge in [0.05, 0.1) is 0 Å². The van der Waals surface area contributed by atoms with Crippen LogP contribution < -0.4 is 5.32 Å². The summed E-state index contributed by atoms with van der Waals surface area (Å²) >= 11 is 3.35. The van der Waals surface area contributed by atoms with E-state index in [-0.39, 0.29) is 11.8 Å². The van der Waals surface area contributed by atoms with E-state index in [2.05, 4.69) is 38.4 Å². The van der Waals surface area contributed by atoms with Crippen molar-refractivity contribution < 1.29 is 4.79 Å². The highest BCUT2D eigenvalue weighted by atomic mass is 79.9. The van der Waals surface area contributed by atoms with Crippen molar-refractivity contribution in [3.63, 3.8) is 0 Å². The number of rotatable bonds is 2. The summed E-state index contributed by atoms with van der Waals surface area (Å²) in [4.78, 5) is 16.0. The molecule has 1 amide bonds. The number of halogens is 1. The Bertz CT molecular complexity index is 417. The second-order valence-electron chi connectivity index (χ2n) is 3.83. The van der Waals surface area contributed by atoms with Gasteiger partial charge in [0.1, 0.15) is 5.82 Å². The number of carbonyl (C=O) groups excluding carboxylic acids is 1. The molecule has 1 N–H and O–H groups in total. The molecule has 0 aliphatic heterocycles. The van der Waals surface area contributed by atoms with Gasteiger partial charge < -0.3 is 5.32 Å². The van der Waals surface area contributed by atoms with Gasteiger partial charge in [-0.3, -0.25) is 4.79 Å². The van der Waals surface area contributed by atoms with Crippen LogP contribution in [0.1, 0.15) is 19.3 Å². The monoisotopic (exact) mass is 280 g/mol. The lowest BCUT2D eigenvalue weighted by Crippen LogP contribution is -2.23. The van der Waals surface area contributed by atoms with Crippen molar-refractivity contribution in [3.8, 4) is 0 Å². The van der Waals surface area contributed by atoms with Crippen molar-refractivity contribution in [2.45, 2.75) is 19.3 Å². The van der Waals surface area contributed by atoms with E-state index in [0.29, 0.717) is 5.82 Å². The predicted octanol–water partition coefficient (Wildman–Crippen LogP) is 3.14. The van der Waals surface area contributed by atoms with Crippen LogP contribution in [0, 0.1) is 5.92 Å². The molecule has 1 aliphatic carbocycles. The summed E-state index contributed by atoms with van der Waals surface area (Å²) in [6, 6.07) is 3.63. The number of hydrogen-bond acceptors (Lipinski definition) is 2. The van der Waals surface area contributed by atoms with Gasteiger partial charge in [-0.1, -0.05) is 28.1 Å². The van der Waals surface area contributed by atoms with E-state index in [1.54, 1.807) is 12.3 Å². The van der Waals surface area contributed by atoms with Crippen LogP contribution in [0.5, 0.6) is 0 Å². The number of allylic oxidation sites excluding steroid dienone is 2. The van der Waals surface area contributed by atoms with Crippen LogP contribution in [0.15, 0.2) is 35.0 Å². The molecular weight excluding hydrogens is 268 g/mol. The maximum absolute atomic E-state index is 11.9. The van der Waals surface area contributed by atoms with Gasteiger partial charge in [-0.15, -0.1) is 0 Å². The minimum Gasteiger partial charge on any atom is -0.310 e. The lowest BCUT2D eigenvalue weighted by molar-refractivity contribution is -0.120. The van der Waals surface area contributed by atoms with E-state index in [4.69, 9.17) is 0 Å². The van der Waals surface area contributed by atoms with Crippen LogP contribution >= 0.6 is 15.9 Å². The number of hydrogen-bond donors (Lipinski definition) is 1. The number of nitrogens with zero attached hydrogens (tertiary/aromatic N) is 1. The van der Waals surface area contributed by atoms with Gasteiger partial charge in [0.2, 0.25) is 5.91 Å². The minimum atomic E-state index is 0.0648. The van der Waals surface area contributed by atoms with E-state index in [9.17, 15) is 4.79 Å². The molecule has 1 aromatic heterocycles. The quantitative estimate of drug-likeness (QED) is 0.846. The van der Waals surface area contributed by atoms with Gasteiger partial charge in [0, 0.05) is 16.6 Å². The van der Waals surface area contributed by atoms with Crippen LogP contribution in [-0.4, -0.2) is 10.9 Å². The Kier molecular flexibility index (Phi) is 3.72. The van der Waals surface area contributed by atoms with Gasteiger partial charge >= 0.3 is 0 Å². The van der Waals surface area contributed by atoms with Gasteiger partial charge in [-0.05, 0) is 31.4 Å². The first-order valence-electron chi connectivity index (χ1n) is 5.33. The summed E-state index contributed by atoms with van der Waals surface area (Å²) in [5.74, 6) is 0.759. The van der Waals surface area contributed by atoms with Crippen LogP contribution in [0.2, 0.25) is 0 Å². The Hall–Kier alpha value is -1.16. The summed E-state index contributed by atoms with van der Waals surface area (Å²) in [7, 11) is 0. The molecule has 0 saturated heterocycles. The third kappa shape index (κ3) is 2.92. The lowest BCUT2D eigenvalue weighted by Gasteiger charge is -2.16. The van der Waals surface area contributed by atoms with E-state index in [0.717, 1.165) is 23.7 Å². The van der Waals surface area contributed by atoms with Crippen molar-refractivity contribution in [2.75, 3.05) is 5.32 Å².